The Kier molecular flexibility index (Phi) is 7.14. The fraction of sp³-hybridized carbons (Fsp3) is 0.417. The van der Waals surface area contributed by atoms with Crippen LogP contribution in [0.1, 0.15) is 19.0 Å². The smallest absolute Gasteiger partial charge is 0.194 e. The summed E-state index contributed by atoms with van der Waals surface area (Å²) in [6.07, 6.45) is 3.42. The van der Waals surface area contributed by atoms with Crippen LogP contribution in [0.4, 0.5) is 0 Å². The molecule has 0 atom stereocenters. The van der Waals surface area contributed by atoms with Gasteiger partial charge in [-0.2, -0.15) is 0 Å². The summed E-state index contributed by atoms with van der Waals surface area (Å²) >= 11 is 11.1. The van der Waals surface area contributed by atoms with Crippen LogP contribution in [-0.4, -0.2) is 29.1 Å². The molecule has 19 heavy (non-hydrogen) atoms. The molecular formula is C12H18ClN5S. The number of hydrogen-bond acceptors (Lipinski definition) is 3. The number of rotatable bonds is 5. The molecular weight excluding hydrogens is 282 g/mol. The number of aliphatic imine (C=N–C) groups is 1. The molecule has 0 amide bonds. The van der Waals surface area contributed by atoms with Crippen molar-refractivity contribution in [1.29, 1.82) is 0 Å². The summed E-state index contributed by atoms with van der Waals surface area (Å²) in [7, 11) is 0. The summed E-state index contributed by atoms with van der Waals surface area (Å²) in [5.74, 6) is 0.327. The summed E-state index contributed by atoms with van der Waals surface area (Å²) < 4.78 is 0. The number of thiocarbonyl (C=S) groups is 1. The Morgan fingerprint density at radius 3 is 3.05 bits per heavy atom. The van der Waals surface area contributed by atoms with Gasteiger partial charge in [-0.1, -0.05) is 11.6 Å². The van der Waals surface area contributed by atoms with Crippen molar-refractivity contribution in [3.63, 3.8) is 0 Å². The lowest BCUT2D eigenvalue weighted by Crippen LogP contribution is -2.43. The lowest BCUT2D eigenvalue weighted by Gasteiger charge is -2.09. The van der Waals surface area contributed by atoms with Gasteiger partial charge in [0.2, 0.25) is 0 Å². The summed E-state index contributed by atoms with van der Waals surface area (Å²) in [4.78, 5) is 8.20. The van der Waals surface area contributed by atoms with Crippen LogP contribution in [0.15, 0.2) is 23.3 Å². The van der Waals surface area contributed by atoms with E-state index in [1.54, 1.807) is 6.20 Å². The van der Waals surface area contributed by atoms with Gasteiger partial charge in [0.1, 0.15) is 0 Å². The third-order valence-corrected chi connectivity index (χ3v) is 2.87. The molecule has 1 heterocycles. The molecule has 1 aromatic rings. The van der Waals surface area contributed by atoms with Gasteiger partial charge in [-0.15, -0.1) is 0 Å². The molecule has 7 heteroatoms. The second-order valence-electron chi connectivity index (χ2n) is 3.78. The Labute approximate surface area is 123 Å². The normalized spacial score (nSPS) is 11.2. The van der Waals surface area contributed by atoms with Crippen molar-refractivity contribution in [3.8, 4) is 0 Å². The predicted octanol–water partition coefficient (Wildman–Crippen LogP) is 1.47. The van der Waals surface area contributed by atoms with Crippen molar-refractivity contribution in [2.75, 3.05) is 13.1 Å². The van der Waals surface area contributed by atoms with E-state index in [1.165, 1.54) is 0 Å². The molecule has 0 aromatic carbocycles. The minimum absolute atomic E-state index is 0.327. The topological polar surface area (TPSA) is 75.3 Å². The molecule has 1 aromatic heterocycles. The largest absolute Gasteiger partial charge is 0.370 e. The highest BCUT2D eigenvalue weighted by atomic mass is 35.5. The highest BCUT2D eigenvalue weighted by Gasteiger charge is 2.01. The maximum Gasteiger partial charge on any atom is 0.194 e. The number of nitrogens with two attached hydrogens (primary N) is 1. The summed E-state index contributed by atoms with van der Waals surface area (Å²) in [5.41, 5.74) is 6.48. The fourth-order valence-electron chi connectivity index (χ4n) is 1.43. The molecule has 0 saturated heterocycles. The molecule has 0 fully saturated rings. The number of guanidine groups is 1. The number of nitrogens with zero attached hydrogens (tertiary/aromatic N) is 2. The van der Waals surface area contributed by atoms with Crippen LogP contribution in [0.25, 0.3) is 0 Å². The zero-order valence-electron chi connectivity index (χ0n) is 10.8. The standard InChI is InChI=1S/C12H18ClN5S/c1-2-15-11(14)18-12(19)17-8-4-6-10-9(13)5-3-7-16-10/h3,5,7H,2,4,6,8H2,1H3,(H4,14,15,17,18,19). The first-order chi connectivity index (χ1) is 9.13. The van der Waals surface area contributed by atoms with Crippen LogP contribution in [0.2, 0.25) is 5.02 Å². The van der Waals surface area contributed by atoms with Gasteiger partial charge < -0.3 is 16.4 Å². The Balaban J connectivity index is 2.23. The average Bonchev–Trinajstić information content (AvgIpc) is 2.36. The van der Waals surface area contributed by atoms with E-state index in [1.807, 2.05) is 19.1 Å². The number of nitrogens with one attached hydrogen (secondary N) is 2. The highest BCUT2D eigenvalue weighted by molar-refractivity contribution is 7.80. The molecule has 0 spiro atoms. The van der Waals surface area contributed by atoms with Crippen LogP contribution in [0.3, 0.4) is 0 Å². The number of pyridine rings is 1. The first kappa shape index (κ1) is 15.7. The van der Waals surface area contributed by atoms with E-state index >= 15 is 0 Å². The monoisotopic (exact) mass is 299 g/mol. The molecule has 5 nitrogen and oxygen atoms in total. The second kappa shape index (κ2) is 8.66. The van der Waals surface area contributed by atoms with Crippen molar-refractivity contribution in [3.05, 3.63) is 29.0 Å². The Hall–Kier alpha value is -1.40. The zero-order chi connectivity index (χ0) is 14.1. The summed E-state index contributed by atoms with van der Waals surface area (Å²) in [6.45, 7) is 3.25. The van der Waals surface area contributed by atoms with Gasteiger partial charge in [0.05, 0.1) is 10.7 Å². The van der Waals surface area contributed by atoms with Gasteiger partial charge in [0.25, 0.3) is 0 Å². The van der Waals surface area contributed by atoms with E-state index in [-0.39, 0.29) is 0 Å². The van der Waals surface area contributed by atoms with E-state index in [4.69, 9.17) is 29.6 Å². The summed E-state index contributed by atoms with van der Waals surface area (Å²) in [5, 5.41) is 7.02. The van der Waals surface area contributed by atoms with E-state index < -0.39 is 0 Å². The van der Waals surface area contributed by atoms with Crippen molar-refractivity contribution < 1.29 is 0 Å². The molecule has 4 N–H and O–H groups in total. The lowest BCUT2D eigenvalue weighted by atomic mass is 10.2. The van der Waals surface area contributed by atoms with Crippen LogP contribution in [0, 0.1) is 0 Å². The first-order valence-electron chi connectivity index (χ1n) is 6.07. The van der Waals surface area contributed by atoms with E-state index in [9.17, 15) is 0 Å². The van der Waals surface area contributed by atoms with Crippen molar-refractivity contribution >= 4 is 34.9 Å². The molecule has 0 saturated carbocycles. The number of aromatic nitrogens is 1. The number of halogens is 1. The van der Waals surface area contributed by atoms with Crippen LogP contribution in [0.5, 0.6) is 0 Å². The minimum Gasteiger partial charge on any atom is -0.370 e. The zero-order valence-corrected chi connectivity index (χ0v) is 12.4. The first-order valence-corrected chi connectivity index (χ1v) is 6.86. The number of aryl methyl sites for hydroxylation is 1. The number of hydrogen-bond donors (Lipinski definition) is 3. The van der Waals surface area contributed by atoms with Crippen molar-refractivity contribution in [1.82, 2.24) is 15.6 Å². The van der Waals surface area contributed by atoms with Crippen LogP contribution < -0.4 is 16.4 Å². The molecule has 0 aliphatic carbocycles. The van der Waals surface area contributed by atoms with Gasteiger partial charge in [0.15, 0.2) is 11.1 Å². The van der Waals surface area contributed by atoms with E-state index in [2.05, 4.69) is 20.6 Å². The highest BCUT2D eigenvalue weighted by Crippen LogP contribution is 2.13. The van der Waals surface area contributed by atoms with Crippen molar-refractivity contribution in [2.24, 2.45) is 10.7 Å². The average molecular weight is 300 g/mol. The third kappa shape index (κ3) is 6.35. The van der Waals surface area contributed by atoms with Gasteiger partial charge >= 0.3 is 0 Å². The minimum atomic E-state index is 0.327. The molecule has 104 valence electrons. The quantitative estimate of drug-likeness (QED) is 0.332. The molecule has 0 aliphatic heterocycles. The van der Waals surface area contributed by atoms with Gasteiger partial charge in [-0.25, -0.2) is 0 Å². The van der Waals surface area contributed by atoms with E-state index in [0.717, 1.165) is 25.1 Å². The Morgan fingerprint density at radius 1 is 1.58 bits per heavy atom. The molecule has 1 rings (SSSR count). The maximum atomic E-state index is 6.02. The Morgan fingerprint density at radius 2 is 2.37 bits per heavy atom. The second-order valence-corrected chi connectivity index (χ2v) is 4.59. The molecule has 0 aliphatic rings. The third-order valence-electron chi connectivity index (χ3n) is 2.28. The lowest BCUT2D eigenvalue weighted by molar-refractivity contribution is 0.757. The Bertz CT molecular complexity index is 450. The van der Waals surface area contributed by atoms with Crippen LogP contribution >= 0.6 is 23.8 Å². The molecule has 0 bridgehead atoms. The maximum absolute atomic E-state index is 6.02. The predicted molar refractivity (Wildman–Crippen MR) is 83.5 cm³/mol. The summed E-state index contributed by atoms with van der Waals surface area (Å²) in [6, 6.07) is 3.66. The fourth-order valence-corrected chi connectivity index (χ4v) is 1.85. The van der Waals surface area contributed by atoms with Gasteiger partial charge in [0, 0.05) is 19.3 Å². The molecule has 0 radical (unpaired) electrons. The molecule has 0 unspecified atom stereocenters. The SMILES string of the molecule is CCN=C(N)NC(=S)NCCCc1ncccc1Cl. The van der Waals surface area contributed by atoms with Crippen LogP contribution in [-0.2, 0) is 6.42 Å². The van der Waals surface area contributed by atoms with Gasteiger partial charge in [-0.3, -0.25) is 9.98 Å². The van der Waals surface area contributed by atoms with Crippen molar-refractivity contribution in [2.45, 2.75) is 19.8 Å². The van der Waals surface area contributed by atoms with Gasteiger partial charge in [-0.05, 0) is 44.1 Å². The van der Waals surface area contributed by atoms with E-state index in [0.29, 0.717) is 22.6 Å².